The van der Waals surface area contributed by atoms with Crippen LogP contribution < -0.4 is 10.1 Å². The summed E-state index contributed by atoms with van der Waals surface area (Å²) in [5.74, 6) is -2.04. The minimum Gasteiger partial charge on any atom is -0.494 e. The second-order valence-electron chi connectivity index (χ2n) is 5.85. The Labute approximate surface area is 123 Å². The first-order valence-corrected chi connectivity index (χ1v) is 6.49. The molecular formula is C15H20FNO4. The zero-order chi connectivity index (χ0) is 16.2. The van der Waals surface area contributed by atoms with Crippen LogP contribution in [0.5, 0.6) is 5.75 Å². The standard InChI is InChI=1S/C15H20FNO4/c1-15(2,3)13(14(19)20)17-12(18)8-9-5-6-11(21-4)10(16)7-9/h5-7,13H,8H2,1-4H3,(H,17,18)(H,19,20)/t13-/m0/s1. The Morgan fingerprint density at radius 3 is 2.43 bits per heavy atom. The van der Waals surface area contributed by atoms with Gasteiger partial charge in [0.15, 0.2) is 11.6 Å². The lowest BCUT2D eigenvalue weighted by atomic mass is 9.86. The minimum absolute atomic E-state index is 0.0947. The van der Waals surface area contributed by atoms with Crippen LogP contribution in [-0.4, -0.2) is 30.1 Å². The monoisotopic (exact) mass is 297 g/mol. The minimum atomic E-state index is -1.10. The fraction of sp³-hybridized carbons (Fsp3) is 0.467. The Balaban J connectivity index is 2.77. The number of carbonyl (C=O) groups excluding carboxylic acids is 1. The number of nitrogens with one attached hydrogen (secondary N) is 1. The summed E-state index contributed by atoms with van der Waals surface area (Å²) >= 11 is 0. The van der Waals surface area contributed by atoms with Gasteiger partial charge < -0.3 is 15.2 Å². The van der Waals surface area contributed by atoms with Gasteiger partial charge in [0.1, 0.15) is 6.04 Å². The molecular weight excluding hydrogens is 277 g/mol. The normalized spacial score (nSPS) is 12.6. The van der Waals surface area contributed by atoms with E-state index in [1.807, 2.05) is 0 Å². The quantitative estimate of drug-likeness (QED) is 0.871. The first-order valence-electron chi connectivity index (χ1n) is 6.49. The van der Waals surface area contributed by atoms with Gasteiger partial charge in [0, 0.05) is 0 Å². The van der Waals surface area contributed by atoms with Crippen LogP contribution in [0.25, 0.3) is 0 Å². The molecule has 1 aromatic rings. The number of methoxy groups -OCH3 is 1. The van der Waals surface area contributed by atoms with E-state index >= 15 is 0 Å². The molecule has 0 saturated heterocycles. The van der Waals surface area contributed by atoms with Crippen LogP contribution in [0.15, 0.2) is 18.2 Å². The van der Waals surface area contributed by atoms with E-state index in [0.29, 0.717) is 5.56 Å². The lowest BCUT2D eigenvalue weighted by Crippen LogP contribution is -2.49. The number of carbonyl (C=O) groups is 2. The van der Waals surface area contributed by atoms with Gasteiger partial charge in [-0.05, 0) is 23.1 Å². The highest BCUT2D eigenvalue weighted by Crippen LogP contribution is 2.20. The van der Waals surface area contributed by atoms with Gasteiger partial charge in [-0.3, -0.25) is 4.79 Å². The molecule has 0 aliphatic rings. The molecule has 1 rings (SSSR count). The molecule has 0 saturated carbocycles. The maximum Gasteiger partial charge on any atom is 0.326 e. The van der Waals surface area contributed by atoms with Crippen LogP contribution >= 0.6 is 0 Å². The average Bonchev–Trinajstić information content (AvgIpc) is 2.34. The van der Waals surface area contributed by atoms with Crippen LogP contribution in [-0.2, 0) is 16.0 Å². The van der Waals surface area contributed by atoms with Gasteiger partial charge in [0.05, 0.1) is 13.5 Å². The maximum absolute atomic E-state index is 13.5. The molecule has 5 nitrogen and oxygen atoms in total. The van der Waals surface area contributed by atoms with E-state index in [9.17, 15) is 14.0 Å². The third-order valence-electron chi connectivity index (χ3n) is 3.00. The van der Waals surface area contributed by atoms with Crippen molar-refractivity contribution in [3.05, 3.63) is 29.6 Å². The number of benzene rings is 1. The molecule has 21 heavy (non-hydrogen) atoms. The Morgan fingerprint density at radius 2 is 2.00 bits per heavy atom. The number of hydrogen-bond donors (Lipinski definition) is 2. The summed E-state index contributed by atoms with van der Waals surface area (Å²) in [5.41, 5.74) is -0.170. The molecule has 1 aromatic carbocycles. The van der Waals surface area contributed by atoms with Gasteiger partial charge in [-0.1, -0.05) is 26.8 Å². The van der Waals surface area contributed by atoms with Crippen molar-refractivity contribution in [3.63, 3.8) is 0 Å². The summed E-state index contributed by atoms with van der Waals surface area (Å²) in [5, 5.41) is 11.6. The van der Waals surface area contributed by atoms with Crippen molar-refractivity contribution in [2.75, 3.05) is 7.11 Å². The lowest BCUT2D eigenvalue weighted by Gasteiger charge is -2.27. The van der Waals surface area contributed by atoms with Crippen molar-refractivity contribution < 1.29 is 23.8 Å². The number of rotatable bonds is 5. The number of aliphatic carboxylic acids is 1. The summed E-state index contributed by atoms with van der Waals surface area (Å²) < 4.78 is 18.3. The molecule has 0 fully saturated rings. The predicted octanol–water partition coefficient (Wildman–Crippen LogP) is 1.99. The van der Waals surface area contributed by atoms with E-state index < -0.39 is 29.2 Å². The highest BCUT2D eigenvalue weighted by Gasteiger charge is 2.32. The summed E-state index contributed by atoms with van der Waals surface area (Å²) in [6.45, 7) is 5.16. The van der Waals surface area contributed by atoms with Crippen LogP contribution in [0.4, 0.5) is 4.39 Å². The molecule has 1 atom stereocenters. The molecule has 0 aliphatic heterocycles. The molecule has 0 aromatic heterocycles. The molecule has 6 heteroatoms. The molecule has 0 unspecified atom stereocenters. The number of amides is 1. The Kier molecular flexibility index (Phi) is 5.29. The van der Waals surface area contributed by atoms with E-state index in [4.69, 9.17) is 9.84 Å². The zero-order valence-corrected chi connectivity index (χ0v) is 12.6. The SMILES string of the molecule is COc1ccc(CC(=O)N[C@@H](C(=O)O)C(C)(C)C)cc1F. The number of carboxylic acid groups (broad SMARTS) is 1. The summed E-state index contributed by atoms with van der Waals surface area (Å²) in [6, 6.07) is 3.18. The van der Waals surface area contributed by atoms with Crippen molar-refractivity contribution >= 4 is 11.9 Å². The number of carboxylic acids is 1. The van der Waals surface area contributed by atoms with Gasteiger partial charge in [0.25, 0.3) is 0 Å². The van der Waals surface area contributed by atoms with Crippen LogP contribution in [0.2, 0.25) is 0 Å². The smallest absolute Gasteiger partial charge is 0.326 e. The zero-order valence-electron chi connectivity index (χ0n) is 12.6. The van der Waals surface area contributed by atoms with Gasteiger partial charge in [-0.15, -0.1) is 0 Å². The predicted molar refractivity (Wildman–Crippen MR) is 75.7 cm³/mol. The average molecular weight is 297 g/mol. The highest BCUT2D eigenvalue weighted by atomic mass is 19.1. The first kappa shape index (κ1) is 16.9. The number of hydrogen-bond acceptors (Lipinski definition) is 3. The van der Waals surface area contributed by atoms with Gasteiger partial charge in [0.2, 0.25) is 5.91 Å². The highest BCUT2D eigenvalue weighted by molar-refractivity contribution is 5.85. The number of ether oxygens (including phenoxy) is 1. The Bertz CT molecular complexity index is 537. The fourth-order valence-electron chi connectivity index (χ4n) is 1.87. The molecule has 0 aliphatic carbocycles. The molecule has 1 amide bonds. The van der Waals surface area contributed by atoms with Crippen molar-refractivity contribution in [3.8, 4) is 5.75 Å². The molecule has 2 N–H and O–H groups in total. The third kappa shape index (κ3) is 4.73. The lowest BCUT2D eigenvalue weighted by molar-refractivity contribution is -0.144. The molecule has 0 heterocycles. The third-order valence-corrected chi connectivity index (χ3v) is 3.00. The summed E-state index contributed by atoms with van der Waals surface area (Å²) in [6.07, 6.45) is -0.0965. The van der Waals surface area contributed by atoms with Crippen LogP contribution in [0.1, 0.15) is 26.3 Å². The van der Waals surface area contributed by atoms with E-state index in [-0.39, 0.29) is 12.2 Å². The van der Waals surface area contributed by atoms with Gasteiger partial charge >= 0.3 is 5.97 Å². The second-order valence-corrected chi connectivity index (χ2v) is 5.85. The Morgan fingerprint density at radius 1 is 1.38 bits per heavy atom. The largest absolute Gasteiger partial charge is 0.494 e. The van der Waals surface area contributed by atoms with E-state index in [1.165, 1.54) is 19.2 Å². The Hall–Kier alpha value is -2.11. The fourth-order valence-corrected chi connectivity index (χ4v) is 1.87. The van der Waals surface area contributed by atoms with Crippen molar-refractivity contribution in [2.45, 2.75) is 33.2 Å². The van der Waals surface area contributed by atoms with Crippen molar-refractivity contribution in [1.29, 1.82) is 0 Å². The first-order chi connectivity index (χ1) is 9.65. The second kappa shape index (κ2) is 6.56. The van der Waals surface area contributed by atoms with E-state index in [0.717, 1.165) is 0 Å². The maximum atomic E-state index is 13.5. The van der Waals surface area contributed by atoms with Crippen molar-refractivity contribution in [2.24, 2.45) is 5.41 Å². The summed E-state index contributed by atoms with van der Waals surface area (Å²) in [7, 11) is 1.35. The molecule has 116 valence electrons. The van der Waals surface area contributed by atoms with E-state index in [2.05, 4.69) is 5.32 Å². The molecule has 0 radical (unpaired) electrons. The number of halogens is 1. The summed E-state index contributed by atoms with van der Waals surface area (Å²) in [4.78, 5) is 23.1. The van der Waals surface area contributed by atoms with Crippen LogP contribution in [0, 0.1) is 11.2 Å². The van der Waals surface area contributed by atoms with Gasteiger partial charge in [-0.25, -0.2) is 9.18 Å². The van der Waals surface area contributed by atoms with Crippen LogP contribution in [0.3, 0.4) is 0 Å². The molecule has 0 bridgehead atoms. The van der Waals surface area contributed by atoms with Gasteiger partial charge in [-0.2, -0.15) is 0 Å². The van der Waals surface area contributed by atoms with Crippen molar-refractivity contribution in [1.82, 2.24) is 5.32 Å². The topological polar surface area (TPSA) is 75.6 Å². The molecule has 0 spiro atoms. The van der Waals surface area contributed by atoms with E-state index in [1.54, 1.807) is 26.8 Å².